The van der Waals surface area contributed by atoms with E-state index >= 15 is 0 Å². The van der Waals surface area contributed by atoms with Gasteiger partial charge in [0.15, 0.2) is 0 Å². The molecule has 0 aliphatic carbocycles. The summed E-state index contributed by atoms with van der Waals surface area (Å²) in [6.45, 7) is -0.370. The van der Waals surface area contributed by atoms with Gasteiger partial charge in [-0.1, -0.05) is 0 Å². The molecule has 18 heavy (non-hydrogen) atoms. The lowest BCUT2D eigenvalue weighted by atomic mass is 9.92. The Hall–Kier alpha value is -1.61. The highest BCUT2D eigenvalue weighted by Gasteiger charge is 2.48. The second-order valence-corrected chi connectivity index (χ2v) is 4.11. The molecule has 0 bridgehead atoms. The van der Waals surface area contributed by atoms with Crippen molar-refractivity contribution >= 4 is 5.97 Å². The molecule has 2 N–H and O–H groups in total. The van der Waals surface area contributed by atoms with Crippen LogP contribution in [-0.4, -0.2) is 51.0 Å². The molecule has 1 aliphatic rings. The lowest BCUT2D eigenvalue weighted by Gasteiger charge is -2.43. The number of H-pyrrole nitrogens is 1. The van der Waals surface area contributed by atoms with E-state index in [9.17, 15) is 23.1 Å². The van der Waals surface area contributed by atoms with Gasteiger partial charge in [-0.15, -0.1) is 5.06 Å². The molecule has 0 spiro atoms. The van der Waals surface area contributed by atoms with E-state index in [2.05, 4.69) is 14.8 Å². The third kappa shape index (κ3) is 2.79. The van der Waals surface area contributed by atoms with Crippen molar-refractivity contribution in [1.82, 2.24) is 15.0 Å². The summed E-state index contributed by atoms with van der Waals surface area (Å²) in [7, 11) is 0. The number of aromatic nitrogens is 2. The Morgan fingerprint density at radius 2 is 2.28 bits per heavy atom. The van der Waals surface area contributed by atoms with E-state index in [4.69, 9.17) is 0 Å². The van der Waals surface area contributed by atoms with Crippen LogP contribution in [0.2, 0.25) is 0 Å². The molecule has 0 aromatic carbocycles. The molecule has 1 aliphatic heterocycles. The zero-order valence-electron chi connectivity index (χ0n) is 9.07. The Labute approximate surface area is 99.3 Å². The molecule has 0 unspecified atom stereocenters. The van der Waals surface area contributed by atoms with Gasteiger partial charge < -0.3 is 14.9 Å². The van der Waals surface area contributed by atoms with Gasteiger partial charge in [0, 0.05) is 18.8 Å². The average Bonchev–Trinajstić information content (AvgIpc) is 2.66. The van der Waals surface area contributed by atoms with Gasteiger partial charge in [0.25, 0.3) is 0 Å². The topological polar surface area (TPSA) is 78.4 Å². The first kappa shape index (κ1) is 12.8. The highest BCUT2D eigenvalue weighted by atomic mass is 19.4. The number of rotatable bonds is 3. The van der Waals surface area contributed by atoms with Gasteiger partial charge in [-0.2, -0.15) is 13.2 Å². The van der Waals surface area contributed by atoms with Crippen molar-refractivity contribution in [2.75, 3.05) is 13.1 Å². The van der Waals surface area contributed by atoms with Crippen molar-refractivity contribution in [3.8, 4) is 0 Å². The number of carbonyl (C=O) groups is 1. The number of β-amino-alcohol motifs (C(OH)–C–C–N with tert-alkyl or cyclic N) is 1. The quantitative estimate of drug-likeness (QED) is 0.805. The smallest absolute Gasteiger partial charge is 0.386 e. The fourth-order valence-electron chi connectivity index (χ4n) is 1.66. The van der Waals surface area contributed by atoms with Gasteiger partial charge in [0.2, 0.25) is 0 Å². The molecule has 0 radical (unpaired) electrons. The van der Waals surface area contributed by atoms with Crippen LogP contribution < -0.4 is 0 Å². The Morgan fingerprint density at radius 3 is 2.78 bits per heavy atom. The maximum absolute atomic E-state index is 11.9. The highest BCUT2D eigenvalue weighted by Crippen LogP contribution is 2.26. The minimum atomic E-state index is -5.03. The second-order valence-electron chi connectivity index (χ2n) is 4.11. The molecule has 2 heterocycles. The van der Waals surface area contributed by atoms with Crippen LogP contribution in [0.3, 0.4) is 0 Å². The minimum absolute atomic E-state index is 0.153. The number of imidazole rings is 1. The van der Waals surface area contributed by atoms with Crippen molar-refractivity contribution in [1.29, 1.82) is 0 Å². The fourth-order valence-corrected chi connectivity index (χ4v) is 1.66. The van der Waals surface area contributed by atoms with E-state index in [-0.39, 0.29) is 19.5 Å². The SMILES string of the molecule is O=C(ON1CC(O)(Cc2ncc[nH]2)C1)C(F)(F)F. The maximum atomic E-state index is 11.9. The van der Waals surface area contributed by atoms with Crippen molar-refractivity contribution in [3.63, 3.8) is 0 Å². The Morgan fingerprint density at radius 1 is 1.61 bits per heavy atom. The normalized spacial score (nSPS) is 19.3. The van der Waals surface area contributed by atoms with Crippen molar-refractivity contribution in [3.05, 3.63) is 18.2 Å². The van der Waals surface area contributed by atoms with E-state index in [0.29, 0.717) is 5.82 Å². The summed E-state index contributed by atoms with van der Waals surface area (Å²) < 4.78 is 35.7. The third-order valence-corrected chi connectivity index (χ3v) is 2.44. The first-order valence-electron chi connectivity index (χ1n) is 5.03. The Kier molecular flexibility index (Phi) is 3.03. The van der Waals surface area contributed by atoms with Crippen LogP contribution in [0.4, 0.5) is 13.2 Å². The lowest BCUT2D eigenvalue weighted by molar-refractivity contribution is -0.284. The van der Waals surface area contributed by atoms with Crippen molar-refractivity contribution < 1.29 is 27.9 Å². The van der Waals surface area contributed by atoms with Gasteiger partial charge in [-0.05, 0) is 0 Å². The standard InChI is InChI=1S/C9H10F3N3O3/c10-9(11,12)7(16)18-15-4-8(17,5-15)3-6-13-1-2-14-6/h1-2,17H,3-5H2,(H,13,14). The number of carbonyl (C=O) groups excluding carboxylic acids is 1. The number of aromatic amines is 1. The zero-order valence-corrected chi connectivity index (χ0v) is 9.07. The molecular weight excluding hydrogens is 255 g/mol. The number of alkyl halides is 3. The number of hydroxylamine groups is 2. The molecule has 9 heteroatoms. The Bertz CT molecular complexity index is 426. The number of nitrogens with one attached hydrogen (secondary N) is 1. The third-order valence-electron chi connectivity index (χ3n) is 2.44. The van der Waals surface area contributed by atoms with Crippen LogP contribution >= 0.6 is 0 Å². The molecule has 1 aromatic rings. The summed E-state index contributed by atoms with van der Waals surface area (Å²) in [5, 5.41) is 10.7. The van der Waals surface area contributed by atoms with E-state index in [1.807, 2.05) is 0 Å². The maximum Gasteiger partial charge on any atom is 0.492 e. The Balaban J connectivity index is 1.81. The van der Waals surface area contributed by atoms with Crippen LogP contribution in [0.5, 0.6) is 0 Å². The van der Waals surface area contributed by atoms with E-state index < -0.39 is 17.7 Å². The largest absolute Gasteiger partial charge is 0.492 e. The molecule has 1 fully saturated rings. The van der Waals surface area contributed by atoms with Crippen molar-refractivity contribution in [2.45, 2.75) is 18.2 Å². The number of halogens is 3. The molecule has 6 nitrogen and oxygen atoms in total. The lowest BCUT2D eigenvalue weighted by Crippen LogP contribution is -2.63. The number of hydrogen-bond donors (Lipinski definition) is 2. The van der Waals surface area contributed by atoms with Crippen LogP contribution in [0, 0.1) is 0 Å². The summed E-state index contributed by atoms with van der Waals surface area (Å²) >= 11 is 0. The van der Waals surface area contributed by atoms with Crippen LogP contribution in [-0.2, 0) is 16.1 Å². The highest BCUT2D eigenvalue weighted by molar-refractivity contribution is 5.75. The molecule has 2 rings (SSSR count). The first-order chi connectivity index (χ1) is 8.28. The van der Waals surface area contributed by atoms with Gasteiger partial charge in [-0.25, -0.2) is 9.78 Å². The van der Waals surface area contributed by atoms with Crippen LogP contribution in [0.15, 0.2) is 12.4 Å². The summed E-state index contributed by atoms with van der Waals surface area (Å²) in [6, 6.07) is 0. The fraction of sp³-hybridized carbons (Fsp3) is 0.556. The number of aliphatic hydroxyl groups is 1. The van der Waals surface area contributed by atoms with Crippen LogP contribution in [0.25, 0.3) is 0 Å². The number of hydrogen-bond acceptors (Lipinski definition) is 5. The summed E-state index contributed by atoms with van der Waals surface area (Å²) in [5.74, 6) is -1.78. The molecule has 0 atom stereocenters. The van der Waals surface area contributed by atoms with Gasteiger partial charge in [-0.3, -0.25) is 0 Å². The predicted octanol–water partition coefficient (Wildman–Crippen LogP) is 0.0194. The van der Waals surface area contributed by atoms with Crippen LogP contribution in [0.1, 0.15) is 5.82 Å². The van der Waals surface area contributed by atoms with E-state index in [1.165, 1.54) is 6.20 Å². The monoisotopic (exact) mass is 265 g/mol. The molecule has 100 valence electrons. The van der Waals surface area contributed by atoms with Crippen molar-refractivity contribution in [2.24, 2.45) is 0 Å². The summed E-state index contributed by atoms with van der Waals surface area (Å²) in [5.41, 5.74) is -1.23. The minimum Gasteiger partial charge on any atom is -0.386 e. The molecule has 1 saturated heterocycles. The summed E-state index contributed by atoms with van der Waals surface area (Å²) in [4.78, 5) is 21.2. The van der Waals surface area contributed by atoms with Gasteiger partial charge in [0.1, 0.15) is 11.4 Å². The second kappa shape index (κ2) is 4.25. The zero-order chi connectivity index (χ0) is 13.4. The summed E-state index contributed by atoms with van der Waals surface area (Å²) in [6.07, 6.45) is -1.81. The van der Waals surface area contributed by atoms with Gasteiger partial charge >= 0.3 is 12.1 Å². The van der Waals surface area contributed by atoms with E-state index in [0.717, 1.165) is 5.06 Å². The predicted molar refractivity (Wildman–Crippen MR) is 51.0 cm³/mol. The molecule has 1 aromatic heterocycles. The van der Waals surface area contributed by atoms with Gasteiger partial charge in [0.05, 0.1) is 13.1 Å². The average molecular weight is 265 g/mol. The first-order valence-corrected chi connectivity index (χ1v) is 5.03. The number of nitrogens with zero attached hydrogens (tertiary/aromatic N) is 2. The van der Waals surface area contributed by atoms with E-state index in [1.54, 1.807) is 6.20 Å². The molecule has 0 saturated carbocycles. The molecular formula is C9H10F3N3O3. The molecule has 0 amide bonds.